The molecule has 38 heavy (non-hydrogen) atoms. The van der Waals surface area contributed by atoms with Crippen molar-refractivity contribution in [3.8, 4) is 11.5 Å². The van der Waals surface area contributed by atoms with Gasteiger partial charge in [0, 0.05) is 32.2 Å². The zero-order valence-corrected chi connectivity index (χ0v) is 21.7. The predicted molar refractivity (Wildman–Crippen MR) is 148 cm³/mol. The molecule has 3 heterocycles. The lowest BCUT2D eigenvalue weighted by atomic mass is 10.2. The third kappa shape index (κ3) is 7.33. The third-order valence-corrected chi connectivity index (χ3v) is 6.19. The molecule has 10 heteroatoms. The molecule has 2 aliphatic heterocycles. The van der Waals surface area contributed by atoms with Gasteiger partial charge in [0.15, 0.2) is 5.82 Å². The van der Waals surface area contributed by atoms with E-state index < -0.39 is 0 Å². The van der Waals surface area contributed by atoms with E-state index in [0.717, 1.165) is 49.1 Å². The Morgan fingerprint density at radius 3 is 2.21 bits per heavy atom. The number of aromatic nitrogens is 2. The minimum absolute atomic E-state index is 0.447. The van der Waals surface area contributed by atoms with E-state index in [1.165, 1.54) is 5.56 Å². The number of benzene rings is 2. The molecule has 5 rings (SSSR count). The summed E-state index contributed by atoms with van der Waals surface area (Å²) in [6, 6.07) is 17.7. The molecule has 200 valence electrons. The number of hydrogen-bond acceptors (Lipinski definition) is 10. The molecule has 0 unspecified atom stereocenters. The summed E-state index contributed by atoms with van der Waals surface area (Å²) in [5.74, 6) is 3.79. The van der Waals surface area contributed by atoms with Crippen LogP contribution >= 0.6 is 0 Å². The largest absolute Gasteiger partial charge is 0.490 e. The Labute approximate surface area is 223 Å². The summed E-state index contributed by atoms with van der Waals surface area (Å²) in [7, 11) is 0. The number of morpholine rings is 2. The Kier molecular flexibility index (Phi) is 8.85. The second-order valence-corrected chi connectivity index (χ2v) is 9.07. The van der Waals surface area contributed by atoms with Gasteiger partial charge in [0.2, 0.25) is 5.95 Å². The van der Waals surface area contributed by atoms with E-state index in [0.29, 0.717) is 51.4 Å². The van der Waals surface area contributed by atoms with Gasteiger partial charge < -0.3 is 28.7 Å². The van der Waals surface area contributed by atoms with E-state index in [4.69, 9.17) is 28.9 Å². The van der Waals surface area contributed by atoms with Crippen molar-refractivity contribution in [1.82, 2.24) is 9.97 Å². The van der Waals surface area contributed by atoms with E-state index in [1.54, 1.807) is 6.21 Å². The molecule has 1 aromatic heterocycles. The topological polar surface area (TPSA) is 93.6 Å². The number of ether oxygens (including phenoxy) is 4. The fraction of sp³-hybridized carbons (Fsp3) is 0.393. The van der Waals surface area contributed by atoms with Crippen molar-refractivity contribution in [1.29, 1.82) is 0 Å². The highest BCUT2D eigenvalue weighted by Crippen LogP contribution is 2.22. The summed E-state index contributed by atoms with van der Waals surface area (Å²) in [6.07, 6.45) is 1.75. The Morgan fingerprint density at radius 1 is 0.842 bits per heavy atom. The molecular weight excluding hydrogens is 484 g/mol. The zero-order chi connectivity index (χ0) is 26.0. The van der Waals surface area contributed by atoms with E-state index in [9.17, 15) is 0 Å². The normalized spacial score (nSPS) is 16.0. The van der Waals surface area contributed by atoms with Gasteiger partial charge in [-0.2, -0.15) is 15.1 Å². The molecular formula is C28H34N6O4. The van der Waals surface area contributed by atoms with Crippen LogP contribution in [-0.4, -0.2) is 82.0 Å². The maximum absolute atomic E-state index is 5.87. The van der Waals surface area contributed by atoms with Crippen LogP contribution < -0.4 is 24.7 Å². The minimum atomic E-state index is 0.447. The molecule has 3 aromatic rings. The first kappa shape index (κ1) is 25.7. The van der Waals surface area contributed by atoms with Crippen molar-refractivity contribution in [2.45, 2.75) is 6.92 Å². The number of anilines is 3. The van der Waals surface area contributed by atoms with Crippen LogP contribution in [0.1, 0.15) is 11.1 Å². The molecule has 1 N–H and O–H groups in total. The Hall–Kier alpha value is -3.89. The van der Waals surface area contributed by atoms with Gasteiger partial charge in [-0.1, -0.05) is 24.3 Å². The van der Waals surface area contributed by atoms with Gasteiger partial charge in [-0.15, -0.1) is 0 Å². The number of hydrazone groups is 1. The first-order valence-electron chi connectivity index (χ1n) is 13.0. The molecule has 0 aliphatic carbocycles. The minimum Gasteiger partial charge on any atom is -0.490 e. The van der Waals surface area contributed by atoms with Gasteiger partial charge in [-0.05, 0) is 42.3 Å². The summed E-state index contributed by atoms with van der Waals surface area (Å²) >= 11 is 0. The molecule has 0 spiro atoms. The number of rotatable bonds is 10. The van der Waals surface area contributed by atoms with Crippen molar-refractivity contribution < 1.29 is 18.9 Å². The van der Waals surface area contributed by atoms with E-state index in [2.05, 4.69) is 20.3 Å². The Morgan fingerprint density at radius 2 is 1.50 bits per heavy atom. The fourth-order valence-corrected chi connectivity index (χ4v) is 4.22. The average molecular weight is 519 g/mol. The number of aryl methyl sites for hydroxylation is 1. The van der Waals surface area contributed by atoms with Crippen molar-refractivity contribution in [2.24, 2.45) is 5.10 Å². The van der Waals surface area contributed by atoms with Crippen LogP contribution in [-0.2, 0) is 9.47 Å². The highest BCUT2D eigenvalue weighted by atomic mass is 16.5. The summed E-state index contributed by atoms with van der Waals surface area (Å²) in [4.78, 5) is 13.9. The quantitative estimate of drug-likeness (QED) is 0.246. The highest BCUT2D eigenvalue weighted by molar-refractivity contribution is 5.80. The van der Waals surface area contributed by atoms with Crippen molar-refractivity contribution in [3.63, 3.8) is 0 Å². The van der Waals surface area contributed by atoms with Crippen molar-refractivity contribution >= 4 is 23.8 Å². The maximum atomic E-state index is 5.87. The molecule has 2 aliphatic rings. The first-order valence-corrected chi connectivity index (χ1v) is 13.0. The van der Waals surface area contributed by atoms with Gasteiger partial charge in [0.1, 0.15) is 30.5 Å². The summed E-state index contributed by atoms with van der Waals surface area (Å²) in [5, 5.41) is 4.44. The standard InChI is InChI=1S/C28H34N6O4/c1-22-4-2-6-24(18-22)37-16-17-38-25-7-3-5-23(19-25)21-29-32-26-20-27(33-8-12-35-13-9-33)31-28(30-26)34-10-14-36-15-11-34/h2-7,18-21H,8-17H2,1H3,(H,30,31,32)/b29-21-. The molecule has 2 aromatic carbocycles. The van der Waals surface area contributed by atoms with Gasteiger partial charge in [-0.3, -0.25) is 5.43 Å². The lowest BCUT2D eigenvalue weighted by Crippen LogP contribution is -2.39. The van der Waals surface area contributed by atoms with Crippen LogP contribution in [0.2, 0.25) is 0 Å². The maximum Gasteiger partial charge on any atom is 0.229 e. The molecule has 2 saturated heterocycles. The van der Waals surface area contributed by atoms with Gasteiger partial charge in [0.25, 0.3) is 0 Å². The van der Waals surface area contributed by atoms with E-state index in [-0.39, 0.29) is 0 Å². The highest BCUT2D eigenvalue weighted by Gasteiger charge is 2.19. The van der Waals surface area contributed by atoms with Crippen molar-refractivity contribution in [2.75, 3.05) is 81.0 Å². The molecule has 0 saturated carbocycles. The smallest absolute Gasteiger partial charge is 0.229 e. The van der Waals surface area contributed by atoms with E-state index in [1.807, 2.05) is 61.5 Å². The monoisotopic (exact) mass is 518 g/mol. The average Bonchev–Trinajstić information content (AvgIpc) is 2.96. The second-order valence-electron chi connectivity index (χ2n) is 9.07. The molecule has 2 fully saturated rings. The van der Waals surface area contributed by atoms with Crippen molar-refractivity contribution in [3.05, 3.63) is 65.7 Å². The third-order valence-electron chi connectivity index (χ3n) is 6.19. The molecule has 0 bridgehead atoms. The predicted octanol–water partition coefficient (Wildman–Crippen LogP) is 3.36. The number of nitrogens with one attached hydrogen (secondary N) is 1. The molecule has 0 amide bonds. The van der Waals surface area contributed by atoms with Crippen LogP contribution in [0.5, 0.6) is 11.5 Å². The Bertz CT molecular complexity index is 1180. The molecule has 0 radical (unpaired) electrons. The molecule has 10 nitrogen and oxygen atoms in total. The van der Waals surface area contributed by atoms with E-state index >= 15 is 0 Å². The SMILES string of the molecule is Cc1cccc(OCCOc2cccc(/C=N\Nc3cc(N4CCOCC4)nc(N4CCOCC4)n3)c2)c1. The summed E-state index contributed by atoms with van der Waals surface area (Å²) in [5.41, 5.74) is 5.16. The van der Waals surface area contributed by atoms with Crippen LogP contribution in [0.15, 0.2) is 59.7 Å². The second kappa shape index (κ2) is 13.1. The fourth-order valence-electron chi connectivity index (χ4n) is 4.22. The number of nitrogens with zero attached hydrogens (tertiary/aromatic N) is 5. The lowest BCUT2D eigenvalue weighted by Gasteiger charge is -2.31. The van der Waals surface area contributed by atoms with Gasteiger partial charge in [0.05, 0.1) is 32.6 Å². The first-order chi connectivity index (χ1) is 18.7. The summed E-state index contributed by atoms with van der Waals surface area (Å²) < 4.78 is 22.6. The summed E-state index contributed by atoms with van der Waals surface area (Å²) in [6.45, 7) is 8.79. The van der Waals surface area contributed by atoms with Crippen LogP contribution in [0.25, 0.3) is 0 Å². The van der Waals surface area contributed by atoms with Crippen LogP contribution in [0.3, 0.4) is 0 Å². The van der Waals surface area contributed by atoms with Crippen LogP contribution in [0, 0.1) is 6.92 Å². The van der Waals surface area contributed by atoms with Gasteiger partial charge >= 0.3 is 0 Å². The lowest BCUT2D eigenvalue weighted by molar-refractivity contribution is 0.121. The van der Waals surface area contributed by atoms with Crippen LogP contribution in [0.4, 0.5) is 17.6 Å². The zero-order valence-electron chi connectivity index (χ0n) is 21.7. The van der Waals surface area contributed by atoms with Gasteiger partial charge in [-0.25, -0.2) is 0 Å². The molecule has 0 atom stereocenters. The Balaban J connectivity index is 1.20. The number of hydrogen-bond donors (Lipinski definition) is 1.